The fourth-order valence-corrected chi connectivity index (χ4v) is 5.80. The third kappa shape index (κ3) is 5.84. The Labute approximate surface area is 234 Å². The third-order valence-electron chi connectivity index (χ3n) is 7.89. The number of benzene rings is 3. The molecule has 7 heteroatoms. The van der Waals surface area contributed by atoms with Gasteiger partial charge >= 0.3 is 5.97 Å². The molecule has 2 N–H and O–H groups in total. The Morgan fingerprint density at radius 3 is 2.12 bits per heavy atom. The van der Waals surface area contributed by atoms with Gasteiger partial charge in [0.2, 0.25) is 0 Å². The Balaban J connectivity index is 1.62. The number of nitrogens with zero attached hydrogens (tertiary/aromatic N) is 2. The fourth-order valence-electron chi connectivity index (χ4n) is 5.80. The molecule has 1 unspecified atom stereocenters. The highest BCUT2D eigenvalue weighted by atomic mass is 16.4. The number of aliphatic carboxylic acids is 1. The second-order valence-electron chi connectivity index (χ2n) is 10.5. The molecule has 0 radical (unpaired) electrons. The molecule has 3 aromatic carbocycles. The first-order valence-electron chi connectivity index (χ1n) is 14.0. The van der Waals surface area contributed by atoms with Gasteiger partial charge < -0.3 is 10.4 Å². The minimum atomic E-state index is -0.770. The molecule has 1 amide bonds. The van der Waals surface area contributed by atoms with Gasteiger partial charge in [-0.1, -0.05) is 73.7 Å². The van der Waals surface area contributed by atoms with Gasteiger partial charge in [-0.3, -0.25) is 23.9 Å². The summed E-state index contributed by atoms with van der Waals surface area (Å²) in [7, 11) is 0. The van der Waals surface area contributed by atoms with Crippen LogP contribution in [0, 0.1) is 5.92 Å². The first-order valence-corrected chi connectivity index (χ1v) is 14.0. The molecule has 1 atom stereocenters. The van der Waals surface area contributed by atoms with Crippen LogP contribution in [-0.2, 0) is 11.3 Å². The molecule has 5 rings (SSSR count). The maximum absolute atomic E-state index is 14.2. The zero-order valence-corrected chi connectivity index (χ0v) is 22.8. The van der Waals surface area contributed by atoms with E-state index in [4.69, 9.17) is 0 Å². The minimum Gasteiger partial charge on any atom is -0.481 e. The Morgan fingerprint density at radius 1 is 0.900 bits per heavy atom. The quantitative estimate of drug-likeness (QED) is 0.292. The van der Waals surface area contributed by atoms with Crippen molar-refractivity contribution in [3.05, 3.63) is 112 Å². The van der Waals surface area contributed by atoms with E-state index in [0.29, 0.717) is 47.4 Å². The van der Waals surface area contributed by atoms with Crippen LogP contribution >= 0.6 is 0 Å². The van der Waals surface area contributed by atoms with Crippen LogP contribution in [0.2, 0.25) is 0 Å². The van der Waals surface area contributed by atoms with Crippen molar-refractivity contribution < 1.29 is 14.7 Å². The third-order valence-corrected chi connectivity index (χ3v) is 7.89. The van der Waals surface area contributed by atoms with Crippen molar-refractivity contribution in [2.75, 3.05) is 13.1 Å². The van der Waals surface area contributed by atoms with E-state index >= 15 is 0 Å². The predicted octanol–water partition coefficient (Wildman–Crippen LogP) is 5.56. The summed E-state index contributed by atoms with van der Waals surface area (Å²) in [5.41, 5.74) is 2.72. The van der Waals surface area contributed by atoms with Crippen LogP contribution in [0.5, 0.6) is 0 Å². The van der Waals surface area contributed by atoms with Gasteiger partial charge in [0, 0.05) is 29.4 Å². The van der Waals surface area contributed by atoms with E-state index in [1.165, 1.54) is 0 Å². The summed E-state index contributed by atoms with van der Waals surface area (Å²) in [4.78, 5) is 41.7. The second-order valence-corrected chi connectivity index (χ2v) is 10.5. The Hall–Kier alpha value is -4.23. The number of amides is 1. The molecule has 0 spiro atoms. The van der Waals surface area contributed by atoms with Crippen LogP contribution in [0.4, 0.5) is 0 Å². The second kappa shape index (κ2) is 12.3. The van der Waals surface area contributed by atoms with Crippen molar-refractivity contribution in [2.24, 2.45) is 5.92 Å². The number of fused-ring (bicyclic) bond motifs is 1. The number of pyridine rings is 1. The molecule has 4 aromatic rings. The molecule has 1 aliphatic heterocycles. The van der Waals surface area contributed by atoms with E-state index in [1.54, 1.807) is 10.6 Å². The minimum absolute atomic E-state index is 0.139. The molecule has 1 aliphatic rings. The maximum atomic E-state index is 14.2. The summed E-state index contributed by atoms with van der Waals surface area (Å²) < 4.78 is 1.68. The number of likely N-dealkylation sites (tertiary alicyclic amines) is 1. The number of carbonyl (C=O) groups is 2. The van der Waals surface area contributed by atoms with E-state index in [9.17, 15) is 19.5 Å². The summed E-state index contributed by atoms with van der Waals surface area (Å²) in [5, 5.41) is 13.6. The van der Waals surface area contributed by atoms with Crippen LogP contribution in [0.1, 0.15) is 60.3 Å². The lowest BCUT2D eigenvalue weighted by atomic mass is 9.93. The number of para-hydroxylation sites is 1. The van der Waals surface area contributed by atoms with E-state index in [2.05, 4.69) is 10.2 Å². The van der Waals surface area contributed by atoms with Crippen molar-refractivity contribution in [3.63, 3.8) is 0 Å². The van der Waals surface area contributed by atoms with Gasteiger partial charge in [0.25, 0.3) is 11.5 Å². The molecule has 0 saturated carbocycles. The van der Waals surface area contributed by atoms with Gasteiger partial charge in [-0.15, -0.1) is 0 Å². The highest BCUT2D eigenvalue weighted by Crippen LogP contribution is 2.28. The summed E-state index contributed by atoms with van der Waals surface area (Å²) in [5.74, 6) is -0.846. The average Bonchev–Trinajstić information content (AvgIpc) is 2.98. The molecule has 2 heterocycles. The molecule has 206 valence electrons. The Kier molecular flexibility index (Phi) is 8.41. The number of carbonyl (C=O) groups excluding carboxylic acids is 1. The van der Waals surface area contributed by atoms with Crippen LogP contribution in [-0.4, -0.2) is 39.5 Å². The zero-order chi connectivity index (χ0) is 28.1. The number of nitrogens with one attached hydrogen (secondary N) is 1. The maximum Gasteiger partial charge on any atom is 0.303 e. The van der Waals surface area contributed by atoms with E-state index in [-0.39, 0.29) is 29.8 Å². The summed E-state index contributed by atoms with van der Waals surface area (Å²) in [6.45, 7) is 3.86. The lowest BCUT2D eigenvalue weighted by Gasteiger charge is -2.33. The summed E-state index contributed by atoms with van der Waals surface area (Å²) in [6.07, 6.45) is 2.42. The van der Waals surface area contributed by atoms with E-state index in [1.807, 2.05) is 85.8 Å². The first-order chi connectivity index (χ1) is 19.5. The van der Waals surface area contributed by atoms with Crippen molar-refractivity contribution >= 4 is 22.6 Å². The molecule has 7 nitrogen and oxygen atoms in total. The normalized spacial score (nSPS) is 15.1. The molecular weight excluding hydrogens is 502 g/mol. The molecule has 40 heavy (non-hydrogen) atoms. The number of piperidine rings is 1. The zero-order valence-electron chi connectivity index (χ0n) is 22.8. The highest BCUT2D eigenvalue weighted by molar-refractivity contribution is 6.08. The number of hydrogen-bond acceptors (Lipinski definition) is 4. The summed E-state index contributed by atoms with van der Waals surface area (Å²) >= 11 is 0. The lowest BCUT2D eigenvalue weighted by molar-refractivity contribution is -0.138. The van der Waals surface area contributed by atoms with E-state index < -0.39 is 5.97 Å². The van der Waals surface area contributed by atoms with Crippen LogP contribution < -0.4 is 10.9 Å². The van der Waals surface area contributed by atoms with Gasteiger partial charge in [-0.05, 0) is 62.0 Å². The van der Waals surface area contributed by atoms with Crippen LogP contribution in [0.3, 0.4) is 0 Å². The number of carboxylic acids is 1. The lowest BCUT2D eigenvalue weighted by Crippen LogP contribution is -2.38. The van der Waals surface area contributed by atoms with E-state index in [0.717, 1.165) is 24.8 Å². The Morgan fingerprint density at radius 2 is 1.50 bits per heavy atom. The average molecular weight is 538 g/mol. The van der Waals surface area contributed by atoms with Gasteiger partial charge in [0.05, 0.1) is 17.3 Å². The van der Waals surface area contributed by atoms with Gasteiger partial charge in [0.1, 0.15) is 0 Å². The number of aromatic nitrogens is 1. The number of rotatable bonds is 9. The van der Waals surface area contributed by atoms with Crippen molar-refractivity contribution in [1.29, 1.82) is 0 Å². The van der Waals surface area contributed by atoms with Crippen molar-refractivity contribution in [3.8, 4) is 5.69 Å². The van der Waals surface area contributed by atoms with Gasteiger partial charge in [-0.25, -0.2) is 0 Å². The molecule has 0 bridgehead atoms. The molecule has 1 saturated heterocycles. The topological polar surface area (TPSA) is 91.6 Å². The molecule has 0 aliphatic carbocycles. The van der Waals surface area contributed by atoms with Crippen LogP contribution in [0.25, 0.3) is 16.5 Å². The van der Waals surface area contributed by atoms with Gasteiger partial charge in [-0.2, -0.15) is 0 Å². The van der Waals surface area contributed by atoms with Gasteiger partial charge in [0.15, 0.2) is 0 Å². The monoisotopic (exact) mass is 537 g/mol. The number of hydrogen-bond donors (Lipinski definition) is 2. The smallest absolute Gasteiger partial charge is 0.303 e. The van der Waals surface area contributed by atoms with Crippen LogP contribution in [0.15, 0.2) is 89.7 Å². The first kappa shape index (κ1) is 27.3. The number of carboxylic acid groups (broad SMARTS) is 1. The summed E-state index contributed by atoms with van der Waals surface area (Å²) in [6, 6.07) is 26.5. The fraction of sp³-hybridized carbons (Fsp3) is 0.303. The standard InChI is InChI=1S/C33H35N3O4/c1-2-28(24-11-5-3-6-12-24)34-32(39)31-26-15-9-10-16-27(26)33(40)36(25-13-7-4-8-14-25)29(31)22-35-19-17-23(18-20-35)21-30(37)38/h3-16,23,28H,2,17-22H2,1H3,(H,34,39)(H,37,38). The molecule has 1 aromatic heterocycles. The molecular formula is C33H35N3O4. The molecule has 1 fully saturated rings. The van der Waals surface area contributed by atoms with Crippen molar-refractivity contribution in [1.82, 2.24) is 14.8 Å². The SMILES string of the molecule is CCC(NC(=O)c1c(CN2CCC(CC(=O)O)CC2)n(-c2ccccc2)c(=O)c2ccccc12)c1ccccc1. The Bertz CT molecular complexity index is 1540. The predicted molar refractivity (Wildman–Crippen MR) is 157 cm³/mol. The largest absolute Gasteiger partial charge is 0.481 e. The van der Waals surface area contributed by atoms with Crippen molar-refractivity contribution in [2.45, 2.75) is 45.2 Å². The highest BCUT2D eigenvalue weighted by Gasteiger charge is 2.28.